The fourth-order valence-corrected chi connectivity index (χ4v) is 4.05. The highest BCUT2D eigenvalue weighted by Gasteiger charge is 2.22. The molecule has 1 saturated carbocycles. The number of nitrogens with zero attached hydrogens (tertiary/aromatic N) is 2. The van der Waals surface area contributed by atoms with Gasteiger partial charge in [0.05, 0.1) is 4.90 Å². The van der Waals surface area contributed by atoms with Crippen LogP contribution in [0.25, 0.3) is 0 Å². The molecule has 3 rings (SSSR count). The van der Waals surface area contributed by atoms with Crippen molar-refractivity contribution in [1.82, 2.24) is 15.5 Å². The standard InChI is InChI=1S/C13H16N4O2S2/c1-9-10(7-14-11-5-6-11)3-2-4-12(9)21(18,19)17-13-16-15-8-20-13/h2-4,8,11,14H,5-7H2,1H3,(H,16,17). The Balaban J connectivity index is 1.84. The molecular weight excluding hydrogens is 308 g/mol. The van der Waals surface area contributed by atoms with Gasteiger partial charge in [0, 0.05) is 12.6 Å². The van der Waals surface area contributed by atoms with E-state index >= 15 is 0 Å². The van der Waals surface area contributed by atoms with Crippen molar-refractivity contribution >= 4 is 26.5 Å². The van der Waals surface area contributed by atoms with Crippen molar-refractivity contribution in [3.8, 4) is 0 Å². The molecule has 0 saturated heterocycles. The molecule has 2 aromatic rings. The van der Waals surface area contributed by atoms with Gasteiger partial charge < -0.3 is 5.32 Å². The van der Waals surface area contributed by atoms with E-state index in [1.165, 1.54) is 18.4 Å². The third-order valence-corrected chi connectivity index (χ3v) is 5.65. The highest BCUT2D eigenvalue weighted by atomic mass is 32.2. The molecule has 1 fully saturated rings. The van der Waals surface area contributed by atoms with Gasteiger partial charge in [-0.05, 0) is 37.0 Å². The first-order chi connectivity index (χ1) is 10.1. The van der Waals surface area contributed by atoms with Gasteiger partial charge in [0.1, 0.15) is 5.51 Å². The molecule has 2 N–H and O–H groups in total. The molecule has 0 unspecified atom stereocenters. The summed E-state index contributed by atoms with van der Waals surface area (Å²) in [5.74, 6) is 0. The monoisotopic (exact) mass is 324 g/mol. The Labute approximate surface area is 127 Å². The van der Waals surface area contributed by atoms with Gasteiger partial charge in [0.15, 0.2) is 0 Å². The molecule has 0 aliphatic heterocycles. The lowest BCUT2D eigenvalue weighted by atomic mass is 10.1. The largest absolute Gasteiger partial charge is 0.310 e. The van der Waals surface area contributed by atoms with Crippen molar-refractivity contribution in [1.29, 1.82) is 0 Å². The molecule has 0 amide bonds. The van der Waals surface area contributed by atoms with Crippen LogP contribution in [0.3, 0.4) is 0 Å². The molecule has 8 heteroatoms. The van der Waals surface area contributed by atoms with Crippen molar-refractivity contribution in [3.63, 3.8) is 0 Å². The Hall–Kier alpha value is -1.51. The summed E-state index contributed by atoms with van der Waals surface area (Å²) in [5, 5.41) is 11.0. The normalized spacial score (nSPS) is 15.1. The van der Waals surface area contributed by atoms with Gasteiger partial charge in [-0.3, -0.25) is 4.72 Å². The number of aromatic nitrogens is 2. The van der Waals surface area contributed by atoms with E-state index in [9.17, 15) is 8.42 Å². The topological polar surface area (TPSA) is 84.0 Å². The average Bonchev–Trinajstić information content (AvgIpc) is 3.14. The zero-order valence-corrected chi connectivity index (χ0v) is 13.2. The molecule has 0 radical (unpaired) electrons. The number of sulfonamides is 1. The fourth-order valence-electron chi connectivity index (χ4n) is 2.07. The number of benzene rings is 1. The zero-order chi connectivity index (χ0) is 14.9. The summed E-state index contributed by atoms with van der Waals surface area (Å²) in [6, 6.07) is 5.92. The quantitative estimate of drug-likeness (QED) is 0.848. The third kappa shape index (κ3) is 3.39. The lowest BCUT2D eigenvalue weighted by Crippen LogP contribution is -2.18. The number of anilines is 1. The van der Waals surface area contributed by atoms with Crippen LogP contribution >= 0.6 is 11.3 Å². The van der Waals surface area contributed by atoms with E-state index in [0.717, 1.165) is 22.5 Å². The van der Waals surface area contributed by atoms with Crippen LogP contribution in [0.15, 0.2) is 28.6 Å². The van der Waals surface area contributed by atoms with E-state index in [0.29, 0.717) is 12.6 Å². The molecule has 1 aromatic carbocycles. The molecule has 1 aliphatic rings. The van der Waals surface area contributed by atoms with E-state index < -0.39 is 10.0 Å². The maximum absolute atomic E-state index is 12.4. The lowest BCUT2D eigenvalue weighted by molar-refractivity contribution is 0.600. The third-order valence-electron chi connectivity index (χ3n) is 3.43. The fraction of sp³-hybridized carbons (Fsp3) is 0.385. The first-order valence-corrected chi connectivity index (χ1v) is 9.03. The first kappa shape index (κ1) is 14.4. The van der Waals surface area contributed by atoms with Crippen LogP contribution in [0.1, 0.15) is 24.0 Å². The maximum Gasteiger partial charge on any atom is 0.263 e. The molecule has 112 valence electrons. The van der Waals surface area contributed by atoms with E-state index in [4.69, 9.17) is 0 Å². The summed E-state index contributed by atoms with van der Waals surface area (Å²) in [6.07, 6.45) is 2.41. The van der Waals surface area contributed by atoms with Gasteiger partial charge in [0.25, 0.3) is 10.0 Å². The minimum absolute atomic E-state index is 0.274. The molecule has 1 aliphatic carbocycles. The van der Waals surface area contributed by atoms with E-state index in [1.807, 2.05) is 13.0 Å². The van der Waals surface area contributed by atoms with E-state index in [1.54, 1.807) is 12.1 Å². The molecular formula is C13H16N4O2S2. The molecule has 21 heavy (non-hydrogen) atoms. The van der Waals surface area contributed by atoms with Crippen molar-refractivity contribution < 1.29 is 8.42 Å². The zero-order valence-electron chi connectivity index (χ0n) is 11.5. The highest BCUT2D eigenvalue weighted by Crippen LogP contribution is 2.24. The summed E-state index contributed by atoms with van der Waals surface area (Å²) < 4.78 is 27.3. The number of hydrogen-bond acceptors (Lipinski definition) is 6. The van der Waals surface area contributed by atoms with Crippen LogP contribution in [-0.2, 0) is 16.6 Å². The van der Waals surface area contributed by atoms with Gasteiger partial charge in [-0.15, -0.1) is 10.2 Å². The number of rotatable bonds is 6. The Morgan fingerprint density at radius 1 is 1.38 bits per heavy atom. The summed E-state index contributed by atoms with van der Waals surface area (Å²) >= 11 is 1.15. The van der Waals surface area contributed by atoms with Crippen LogP contribution in [0.2, 0.25) is 0 Å². The van der Waals surface area contributed by atoms with Gasteiger partial charge in [-0.2, -0.15) is 0 Å². The van der Waals surface area contributed by atoms with Gasteiger partial charge in [-0.1, -0.05) is 23.5 Å². The molecule has 0 atom stereocenters. The second-order valence-corrected chi connectivity index (χ2v) is 7.53. The van der Waals surface area contributed by atoms with Crippen LogP contribution in [0, 0.1) is 6.92 Å². The van der Waals surface area contributed by atoms with Crippen molar-refractivity contribution in [3.05, 3.63) is 34.8 Å². The maximum atomic E-state index is 12.4. The predicted molar refractivity (Wildman–Crippen MR) is 81.8 cm³/mol. The van der Waals surface area contributed by atoms with Crippen molar-refractivity contribution in [2.24, 2.45) is 0 Å². The SMILES string of the molecule is Cc1c(CNC2CC2)cccc1S(=O)(=O)Nc1nncs1. The second kappa shape index (κ2) is 5.70. The van der Waals surface area contributed by atoms with Gasteiger partial charge in [0.2, 0.25) is 5.13 Å². The van der Waals surface area contributed by atoms with Gasteiger partial charge in [-0.25, -0.2) is 8.42 Å². The summed E-state index contributed by atoms with van der Waals surface area (Å²) in [7, 11) is -3.63. The van der Waals surface area contributed by atoms with Crippen LogP contribution in [0.5, 0.6) is 0 Å². The minimum Gasteiger partial charge on any atom is -0.310 e. The van der Waals surface area contributed by atoms with Crippen molar-refractivity contribution in [2.75, 3.05) is 4.72 Å². The number of hydrogen-bond donors (Lipinski definition) is 2. The lowest BCUT2D eigenvalue weighted by Gasteiger charge is -2.12. The Kier molecular flexibility index (Phi) is 3.92. The molecule has 6 nitrogen and oxygen atoms in total. The molecule has 1 aromatic heterocycles. The predicted octanol–water partition coefficient (Wildman–Crippen LogP) is 1.90. The number of nitrogens with one attached hydrogen (secondary N) is 2. The van der Waals surface area contributed by atoms with E-state index in [-0.39, 0.29) is 10.0 Å². The van der Waals surface area contributed by atoms with Gasteiger partial charge >= 0.3 is 0 Å². The summed E-state index contributed by atoms with van der Waals surface area (Å²) in [4.78, 5) is 0.285. The molecule has 0 spiro atoms. The van der Waals surface area contributed by atoms with Crippen LogP contribution in [-0.4, -0.2) is 24.7 Å². The van der Waals surface area contributed by atoms with E-state index in [2.05, 4.69) is 20.2 Å². The first-order valence-electron chi connectivity index (χ1n) is 6.67. The van der Waals surface area contributed by atoms with Crippen molar-refractivity contribution in [2.45, 2.75) is 37.2 Å². The summed E-state index contributed by atoms with van der Waals surface area (Å²) in [5.41, 5.74) is 3.26. The summed E-state index contributed by atoms with van der Waals surface area (Å²) in [6.45, 7) is 2.53. The Morgan fingerprint density at radius 2 is 2.19 bits per heavy atom. The average molecular weight is 324 g/mol. The van der Waals surface area contributed by atoms with Crippen LogP contribution in [0.4, 0.5) is 5.13 Å². The highest BCUT2D eigenvalue weighted by molar-refractivity contribution is 7.93. The Morgan fingerprint density at radius 3 is 2.86 bits per heavy atom. The Bertz CT molecular complexity index is 725. The minimum atomic E-state index is -3.63. The molecule has 1 heterocycles. The smallest absolute Gasteiger partial charge is 0.263 e. The van der Waals surface area contributed by atoms with Crippen LogP contribution < -0.4 is 10.0 Å². The second-order valence-electron chi connectivity index (χ2n) is 5.04. The molecule has 0 bridgehead atoms.